The molecule has 0 saturated heterocycles. The van der Waals surface area contributed by atoms with E-state index in [1.807, 2.05) is 12.1 Å². The van der Waals surface area contributed by atoms with Crippen LogP contribution in [0.2, 0.25) is 0 Å². The van der Waals surface area contributed by atoms with Crippen LogP contribution in [0.15, 0.2) is 48.2 Å². The maximum absolute atomic E-state index is 11.5. The molecule has 1 heterocycles. The second kappa shape index (κ2) is 5.92. The molecular formula is C14H15N3O3. The highest BCUT2D eigenvalue weighted by molar-refractivity contribution is 5.95. The minimum Gasteiger partial charge on any atom is -0.465 e. The van der Waals surface area contributed by atoms with Crippen molar-refractivity contribution < 1.29 is 14.3 Å². The van der Waals surface area contributed by atoms with Crippen molar-refractivity contribution in [2.75, 3.05) is 19.1 Å². The van der Waals surface area contributed by atoms with Crippen LogP contribution in [0.25, 0.3) is 0 Å². The number of nitrogens with one attached hydrogen (secondary N) is 1. The first kappa shape index (κ1) is 13.7. The van der Waals surface area contributed by atoms with E-state index in [0.29, 0.717) is 23.4 Å². The molecule has 0 bridgehead atoms. The number of carbonyl (C=O) groups is 2. The third-order valence-electron chi connectivity index (χ3n) is 2.74. The van der Waals surface area contributed by atoms with Gasteiger partial charge in [-0.2, -0.15) is 0 Å². The standard InChI is InChI=1S/C14H15N3O3/c1-20-14(19)10-4-2-6-12(8-10)16-17-7-3-5-11(9-17)13(15)18/h2-6,8-9,16H,7H2,1H3,(H2,15,18). The molecule has 0 aliphatic carbocycles. The lowest BCUT2D eigenvalue weighted by Gasteiger charge is -2.24. The summed E-state index contributed by atoms with van der Waals surface area (Å²) in [6.45, 7) is 0.583. The van der Waals surface area contributed by atoms with Gasteiger partial charge in [-0.3, -0.25) is 15.2 Å². The summed E-state index contributed by atoms with van der Waals surface area (Å²) >= 11 is 0. The maximum Gasteiger partial charge on any atom is 0.337 e. The Morgan fingerprint density at radius 1 is 1.40 bits per heavy atom. The van der Waals surface area contributed by atoms with E-state index in [1.165, 1.54) is 7.11 Å². The fraction of sp³-hybridized carbons (Fsp3) is 0.143. The molecule has 1 aliphatic heterocycles. The molecule has 20 heavy (non-hydrogen) atoms. The Morgan fingerprint density at radius 3 is 2.90 bits per heavy atom. The molecule has 0 atom stereocenters. The number of methoxy groups -OCH3 is 1. The average molecular weight is 273 g/mol. The Hall–Kier alpha value is -2.76. The van der Waals surface area contributed by atoms with E-state index in [4.69, 9.17) is 5.73 Å². The highest BCUT2D eigenvalue weighted by Crippen LogP contribution is 2.14. The minimum absolute atomic E-state index is 0.402. The molecule has 0 radical (unpaired) electrons. The zero-order valence-electron chi connectivity index (χ0n) is 11.0. The molecule has 1 amide bonds. The van der Waals surface area contributed by atoms with Crippen LogP contribution in [-0.2, 0) is 9.53 Å². The number of esters is 1. The zero-order chi connectivity index (χ0) is 14.5. The topological polar surface area (TPSA) is 84.7 Å². The van der Waals surface area contributed by atoms with E-state index >= 15 is 0 Å². The van der Waals surface area contributed by atoms with Gasteiger partial charge in [0.25, 0.3) is 0 Å². The van der Waals surface area contributed by atoms with Crippen molar-refractivity contribution >= 4 is 17.6 Å². The SMILES string of the molecule is COC(=O)c1cccc(NN2C=C(C(N)=O)C=CC2)c1. The monoisotopic (exact) mass is 273 g/mol. The number of nitrogens with two attached hydrogens (primary N) is 1. The van der Waals surface area contributed by atoms with Gasteiger partial charge < -0.3 is 10.5 Å². The quantitative estimate of drug-likeness (QED) is 0.801. The van der Waals surface area contributed by atoms with E-state index in [2.05, 4.69) is 10.2 Å². The van der Waals surface area contributed by atoms with Crippen LogP contribution < -0.4 is 11.2 Å². The van der Waals surface area contributed by atoms with Crippen LogP contribution in [0.1, 0.15) is 10.4 Å². The van der Waals surface area contributed by atoms with E-state index < -0.39 is 11.9 Å². The first-order valence-corrected chi connectivity index (χ1v) is 6.00. The van der Waals surface area contributed by atoms with Gasteiger partial charge in [-0.25, -0.2) is 4.79 Å². The zero-order valence-corrected chi connectivity index (χ0v) is 11.0. The van der Waals surface area contributed by atoms with Gasteiger partial charge in [0.15, 0.2) is 0 Å². The van der Waals surface area contributed by atoms with Crippen molar-refractivity contribution in [1.82, 2.24) is 5.01 Å². The van der Waals surface area contributed by atoms with E-state index in [0.717, 1.165) is 0 Å². The van der Waals surface area contributed by atoms with Crippen LogP contribution in [-0.4, -0.2) is 30.5 Å². The second-order valence-electron chi connectivity index (χ2n) is 4.19. The molecule has 0 aromatic heterocycles. The van der Waals surface area contributed by atoms with Gasteiger partial charge in [-0.15, -0.1) is 0 Å². The number of ether oxygens (including phenoxy) is 1. The minimum atomic E-state index is -0.490. The highest BCUT2D eigenvalue weighted by atomic mass is 16.5. The first-order valence-electron chi connectivity index (χ1n) is 6.00. The highest BCUT2D eigenvalue weighted by Gasteiger charge is 2.10. The number of nitrogens with zero attached hydrogens (tertiary/aromatic N) is 1. The summed E-state index contributed by atoms with van der Waals surface area (Å²) in [4.78, 5) is 22.6. The molecule has 3 N–H and O–H groups in total. The molecule has 0 unspecified atom stereocenters. The summed E-state index contributed by atoms with van der Waals surface area (Å²) in [6, 6.07) is 6.88. The fourth-order valence-corrected chi connectivity index (χ4v) is 1.78. The number of benzene rings is 1. The van der Waals surface area contributed by atoms with Crippen LogP contribution in [0.3, 0.4) is 0 Å². The van der Waals surface area contributed by atoms with Crippen molar-refractivity contribution in [3.8, 4) is 0 Å². The van der Waals surface area contributed by atoms with Crippen molar-refractivity contribution in [2.24, 2.45) is 5.73 Å². The summed E-state index contributed by atoms with van der Waals surface area (Å²) in [6.07, 6.45) is 5.11. The Kier molecular flexibility index (Phi) is 4.05. The molecule has 2 rings (SSSR count). The van der Waals surface area contributed by atoms with Crippen LogP contribution in [0, 0.1) is 0 Å². The summed E-state index contributed by atoms with van der Waals surface area (Å²) in [7, 11) is 1.33. The number of primary amides is 1. The molecular weight excluding hydrogens is 258 g/mol. The van der Waals surface area contributed by atoms with Crippen molar-refractivity contribution in [2.45, 2.75) is 0 Å². The van der Waals surface area contributed by atoms with Crippen LogP contribution in [0.4, 0.5) is 5.69 Å². The van der Waals surface area contributed by atoms with E-state index in [9.17, 15) is 9.59 Å². The molecule has 0 saturated carbocycles. The summed E-state index contributed by atoms with van der Waals surface area (Å²) in [5.74, 6) is -0.892. The van der Waals surface area contributed by atoms with Gasteiger partial charge in [0.1, 0.15) is 0 Å². The lowest BCUT2D eigenvalue weighted by molar-refractivity contribution is -0.114. The largest absolute Gasteiger partial charge is 0.465 e. The predicted molar refractivity (Wildman–Crippen MR) is 74.5 cm³/mol. The van der Waals surface area contributed by atoms with Gasteiger partial charge in [0.2, 0.25) is 5.91 Å². The van der Waals surface area contributed by atoms with Crippen molar-refractivity contribution in [3.05, 3.63) is 53.8 Å². The van der Waals surface area contributed by atoms with Crippen molar-refractivity contribution in [3.63, 3.8) is 0 Å². The second-order valence-corrected chi connectivity index (χ2v) is 4.19. The van der Waals surface area contributed by atoms with Crippen molar-refractivity contribution in [1.29, 1.82) is 0 Å². The Morgan fingerprint density at radius 2 is 2.20 bits per heavy atom. The molecule has 104 valence electrons. The average Bonchev–Trinajstić information content (AvgIpc) is 2.47. The molecule has 0 spiro atoms. The molecule has 1 aromatic carbocycles. The van der Waals surface area contributed by atoms with E-state index in [-0.39, 0.29) is 0 Å². The maximum atomic E-state index is 11.5. The lowest BCUT2D eigenvalue weighted by Crippen LogP contribution is -2.29. The summed E-state index contributed by atoms with van der Waals surface area (Å²) in [5.41, 5.74) is 9.88. The van der Waals surface area contributed by atoms with Crippen LogP contribution in [0.5, 0.6) is 0 Å². The van der Waals surface area contributed by atoms with Gasteiger partial charge in [-0.1, -0.05) is 18.2 Å². The van der Waals surface area contributed by atoms with Gasteiger partial charge in [0, 0.05) is 6.20 Å². The third kappa shape index (κ3) is 3.17. The Labute approximate surface area is 116 Å². The van der Waals surface area contributed by atoms with E-state index in [1.54, 1.807) is 35.5 Å². The molecule has 1 aromatic rings. The number of amides is 1. The predicted octanol–water partition coefficient (Wildman–Crippen LogP) is 1.04. The normalized spacial score (nSPS) is 13.7. The number of hydrogen-bond donors (Lipinski definition) is 2. The molecule has 6 nitrogen and oxygen atoms in total. The van der Waals surface area contributed by atoms with Gasteiger partial charge in [0.05, 0.1) is 30.5 Å². The smallest absolute Gasteiger partial charge is 0.337 e. The number of hydrazine groups is 1. The lowest BCUT2D eigenvalue weighted by atomic mass is 10.2. The number of carbonyl (C=O) groups excluding carboxylic acids is 2. The number of anilines is 1. The molecule has 1 aliphatic rings. The van der Waals surface area contributed by atoms with Gasteiger partial charge in [-0.05, 0) is 18.2 Å². The first-order chi connectivity index (χ1) is 9.60. The Balaban J connectivity index is 2.13. The third-order valence-corrected chi connectivity index (χ3v) is 2.74. The summed E-state index contributed by atoms with van der Waals surface area (Å²) < 4.78 is 4.67. The Bertz CT molecular complexity index is 593. The fourth-order valence-electron chi connectivity index (χ4n) is 1.78. The number of rotatable bonds is 4. The van der Waals surface area contributed by atoms with Gasteiger partial charge >= 0.3 is 5.97 Å². The number of hydrogen-bond acceptors (Lipinski definition) is 5. The van der Waals surface area contributed by atoms with Crippen LogP contribution >= 0.6 is 0 Å². The summed E-state index contributed by atoms with van der Waals surface area (Å²) in [5, 5.41) is 1.70. The molecule has 6 heteroatoms. The molecule has 0 fully saturated rings.